The number of nitrogens with zero attached hydrogens (tertiary/aromatic N) is 3. The molecule has 1 aromatic carbocycles. The molecule has 4 unspecified atom stereocenters. The van der Waals surface area contributed by atoms with Crippen LogP contribution in [-0.4, -0.2) is 72.0 Å². The van der Waals surface area contributed by atoms with Crippen molar-refractivity contribution in [2.24, 2.45) is 5.92 Å². The number of likely N-dealkylation sites (tertiary alicyclic amines) is 2. The largest absolute Gasteiger partial charge is 0.573 e. The molecule has 0 aromatic heterocycles. The maximum atomic E-state index is 12.9. The number of piperidine rings is 2. The molecular weight excluding hydrogens is 475 g/mol. The van der Waals surface area contributed by atoms with Gasteiger partial charge in [-0.25, -0.2) is 4.79 Å². The Kier molecular flexibility index (Phi) is 5.31. The van der Waals surface area contributed by atoms with Crippen molar-refractivity contribution in [2.75, 3.05) is 31.1 Å². The van der Waals surface area contributed by atoms with Gasteiger partial charge in [0.15, 0.2) is 0 Å². The van der Waals surface area contributed by atoms with Crippen molar-refractivity contribution in [2.45, 2.75) is 81.8 Å². The fourth-order valence-electron chi connectivity index (χ4n) is 8.02. The number of ether oxygens (including phenoxy) is 2. The van der Waals surface area contributed by atoms with Crippen molar-refractivity contribution in [3.63, 3.8) is 0 Å². The van der Waals surface area contributed by atoms with Gasteiger partial charge in [-0.05, 0) is 88.2 Å². The number of rotatable bonds is 3. The summed E-state index contributed by atoms with van der Waals surface area (Å²) in [4.78, 5) is 31.0. The minimum absolute atomic E-state index is 0.0404. The average Bonchev–Trinajstić information content (AvgIpc) is 3.06. The zero-order valence-electron chi connectivity index (χ0n) is 20.6. The Morgan fingerprint density at radius 2 is 1.92 bits per heavy atom. The fraction of sp³-hybridized carbons (Fsp3) is 0.692. The van der Waals surface area contributed by atoms with Crippen molar-refractivity contribution in [3.8, 4) is 5.75 Å². The summed E-state index contributed by atoms with van der Waals surface area (Å²) in [5.41, 5.74) is 1.04. The molecule has 4 atom stereocenters. The summed E-state index contributed by atoms with van der Waals surface area (Å²) in [5.74, 6) is 0.159. The van der Waals surface area contributed by atoms with Crippen LogP contribution in [0.25, 0.3) is 0 Å². The monoisotopic (exact) mass is 507 g/mol. The summed E-state index contributed by atoms with van der Waals surface area (Å²) in [6.45, 7) is 5.82. The molecule has 3 heterocycles. The lowest BCUT2D eigenvalue weighted by atomic mass is 9.74. The molecule has 2 saturated heterocycles. The van der Waals surface area contributed by atoms with Gasteiger partial charge in [0.2, 0.25) is 5.91 Å². The van der Waals surface area contributed by atoms with Crippen LogP contribution >= 0.6 is 0 Å². The van der Waals surface area contributed by atoms with Gasteiger partial charge in [0, 0.05) is 30.6 Å². The third-order valence-electron chi connectivity index (χ3n) is 9.52. The Morgan fingerprint density at radius 3 is 2.58 bits per heavy atom. The maximum Gasteiger partial charge on any atom is 0.573 e. The second-order valence-electron chi connectivity index (χ2n) is 11.1. The molecule has 10 heteroatoms. The van der Waals surface area contributed by atoms with E-state index in [1.807, 2.05) is 11.8 Å². The number of fused-ring (bicyclic) bond motifs is 2. The lowest BCUT2D eigenvalue weighted by Crippen LogP contribution is -2.48. The molecule has 4 fully saturated rings. The summed E-state index contributed by atoms with van der Waals surface area (Å²) >= 11 is 0. The zero-order valence-corrected chi connectivity index (χ0v) is 20.6. The van der Waals surface area contributed by atoms with Gasteiger partial charge in [0.1, 0.15) is 5.75 Å². The van der Waals surface area contributed by atoms with E-state index in [4.69, 9.17) is 4.74 Å². The first-order chi connectivity index (χ1) is 17.1. The molecule has 0 N–H and O–H groups in total. The molecule has 2 aliphatic carbocycles. The van der Waals surface area contributed by atoms with E-state index < -0.39 is 6.36 Å². The van der Waals surface area contributed by atoms with E-state index in [0.717, 1.165) is 57.2 Å². The Hall–Kier alpha value is -2.49. The lowest BCUT2D eigenvalue weighted by molar-refractivity contribution is -0.274. The molecule has 196 valence electrons. The number of alkyl halides is 3. The molecule has 2 amide bonds. The van der Waals surface area contributed by atoms with E-state index >= 15 is 0 Å². The highest BCUT2D eigenvalue weighted by molar-refractivity contribution is 5.95. The second-order valence-corrected chi connectivity index (χ2v) is 11.1. The van der Waals surface area contributed by atoms with Crippen molar-refractivity contribution in [1.29, 1.82) is 0 Å². The van der Waals surface area contributed by atoms with Crippen LogP contribution in [0.4, 0.5) is 23.7 Å². The standard InChI is InChI=1S/C26H32F3N3O4/c1-3-35-23(34)32-22-7-4-17-12-18(14-25(17,22)32)30-10-8-24(9-11-30)15-31(16(2)33)21-6-5-19(13-20(21)24)36-26(27,28)29/h5-6,13,17-18,22H,3-4,7-12,14-15H2,1-2H3. The van der Waals surface area contributed by atoms with Gasteiger partial charge >= 0.3 is 12.5 Å². The van der Waals surface area contributed by atoms with E-state index in [9.17, 15) is 22.8 Å². The van der Waals surface area contributed by atoms with Crippen LogP contribution in [0, 0.1) is 5.92 Å². The highest BCUT2D eigenvalue weighted by Crippen LogP contribution is 2.65. The maximum absolute atomic E-state index is 12.9. The third kappa shape index (κ3) is 3.50. The van der Waals surface area contributed by atoms with Gasteiger partial charge < -0.3 is 19.3 Å². The molecule has 36 heavy (non-hydrogen) atoms. The molecule has 0 radical (unpaired) electrons. The predicted octanol–water partition coefficient (Wildman–Crippen LogP) is 4.44. The van der Waals surface area contributed by atoms with Crippen LogP contribution in [0.3, 0.4) is 0 Å². The van der Waals surface area contributed by atoms with E-state index in [0.29, 0.717) is 36.8 Å². The van der Waals surface area contributed by atoms with Crippen molar-refractivity contribution in [1.82, 2.24) is 9.80 Å². The SMILES string of the molecule is CCOC(=O)N1C2CCC3CC(N4CCC5(CC4)CN(C(C)=O)c4ccc(OC(F)(F)F)cc45)CC321. The van der Waals surface area contributed by atoms with Gasteiger partial charge in [-0.1, -0.05) is 0 Å². The van der Waals surface area contributed by atoms with E-state index in [1.54, 1.807) is 11.0 Å². The van der Waals surface area contributed by atoms with Crippen molar-refractivity contribution >= 4 is 17.7 Å². The van der Waals surface area contributed by atoms with Gasteiger partial charge in [0.25, 0.3) is 0 Å². The second kappa shape index (κ2) is 8.00. The van der Waals surface area contributed by atoms with Crippen LogP contribution in [0.15, 0.2) is 18.2 Å². The minimum atomic E-state index is -4.76. The molecule has 1 aromatic rings. The van der Waals surface area contributed by atoms with Gasteiger partial charge in [0.05, 0.1) is 18.2 Å². The molecule has 6 rings (SSSR count). The molecule has 7 nitrogen and oxygen atoms in total. The smallest absolute Gasteiger partial charge is 0.450 e. The highest BCUT2D eigenvalue weighted by atomic mass is 19.4. The van der Waals surface area contributed by atoms with Crippen LogP contribution in [0.5, 0.6) is 5.75 Å². The molecule has 5 aliphatic rings. The Bertz CT molecular complexity index is 1090. The molecule has 2 spiro atoms. The molecule has 2 saturated carbocycles. The van der Waals surface area contributed by atoms with Crippen LogP contribution in [-0.2, 0) is 14.9 Å². The predicted molar refractivity (Wildman–Crippen MR) is 125 cm³/mol. The summed E-state index contributed by atoms with van der Waals surface area (Å²) in [7, 11) is 0. The van der Waals surface area contributed by atoms with Gasteiger partial charge in [-0.2, -0.15) is 0 Å². The van der Waals surface area contributed by atoms with E-state index in [1.165, 1.54) is 19.1 Å². The zero-order chi connectivity index (χ0) is 25.5. The number of carbonyl (C=O) groups excluding carboxylic acids is 2. The first-order valence-corrected chi connectivity index (χ1v) is 13.0. The summed E-state index contributed by atoms with van der Waals surface area (Å²) < 4.78 is 48.2. The summed E-state index contributed by atoms with van der Waals surface area (Å²) in [6, 6.07) is 5.04. The fourth-order valence-corrected chi connectivity index (χ4v) is 8.02. The van der Waals surface area contributed by atoms with Gasteiger partial charge in [-0.15, -0.1) is 13.2 Å². The minimum Gasteiger partial charge on any atom is -0.450 e. The normalized spacial score (nSPS) is 32.3. The Balaban J connectivity index is 1.18. The third-order valence-corrected chi connectivity index (χ3v) is 9.52. The number of hydrogen-bond acceptors (Lipinski definition) is 5. The van der Waals surface area contributed by atoms with E-state index in [-0.39, 0.29) is 28.7 Å². The number of carbonyl (C=O) groups is 2. The summed E-state index contributed by atoms with van der Waals surface area (Å²) in [5, 5.41) is 0. The molecule has 0 bridgehead atoms. The lowest BCUT2D eigenvalue weighted by Gasteiger charge is -2.42. The molecular formula is C26H32F3N3O4. The number of amides is 2. The Morgan fingerprint density at radius 1 is 1.17 bits per heavy atom. The number of benzene rings is 1. The first-order valence-electron chi connectivity index (χ1n) is 13.0. The number of halogens is 3. The van der Waals surface area contributed by atoms with Crippen LogP contribution < -0.4 is 9.64 Å². The number of hydrogen-bond donors (Lipinski definition) is 0. The first kappa shape index (κ1) is 23.9. The Labute approximate surface area is 208 Å². The van der Waals surface area contributed by atoms with Crippen LogP contribution in [0.1, 0.15) is 57.9 Å². The quantitative estimate of drug-likeness (QED) is 0.567. The van der Waals surface area contributed by atoms with Crippen molar-refractivity contribution in [3.05, 3.63) is 23.8 Å². The van der Waals surface area contributed by atoms with E-state index in [2.05, 4.69) is 9.64 Å². The van der Waals surface area contributed by atoms with Gasteiger partial charge in [-0.3, -0.25) is 9.69 Å². The van der Waals surface area contributed by atoms with Crippen molar-refractivity contribution < 1.29 is 32.2 Å². The van der Waals surface area contributed by atoms with Crippen LogP contribution in [0.2, 0.25) is 0 Å². The topological polar surface area (TPSA) is 62.1 Å². The number of anilines is 1. The average molecular weight is 508 g/mol. The molecule has 3 aliphatic heterocycles. The summed E-state index contributed by atoms with van der Waals surface area (Å²) in [6.07, 6.45) is 0.817. The highest BCUT2D eigenvalue weighted by Gasteiger charge is 2.75.